The van der Waals surface area contributed by atoms with Crippen LogP contribution in [0.25, 0.3) is 0 Å². The first kappa shape index (κ1) is 17.5. The molecule has 1 N–H and O–H groups in total. The van der Waals surface area contributed by atoms with E-state index in [-0.39, 0.29) is 18.9 Å². The lowest BCUT2D eigenvalue weighted by atomic mass is 10.2. The van der Waals surface area contributed by atoms with Gasteiger partial charge in [0.05, 0.1) is 25.2 Å². The van der Waals surface area contributed by atoms with Crippen LogP contribution in [0.5, 0.6) is 5.75 Å². The number of esters is 1. The van der Waals surface area contributed by atoms with Crippen LogP contribution >= 0.6 is 0 Å². The summed E-state index contributed by atoms with van der Waals surface area (Å²) in [7, 11) is 0. The molecule has 2 aromatic rings. The van der Waals surface area contributed by atoms with Crippen molar-refractivity contribution in [3.8, 4) is 5.75 Å². The molecule has 6 nitrogen and oxygen atoms in total. The third-order valence-electron chi connectivity index (χ3n) is 3.16. The molecule has 0 spiro atoms. The number of nitrogens with zero attached hydrogens (tertiary/aromatic N) is 1. The highest BCUT2D eigenvalue weighted by atomic mass is 16.5. The summed E-state index contributed by atoms with van der Waals surface area (Å²) in [6.45, 7) is 4.27. The number of benzene rings is 1. The molecule has 0 unspecified atom stereocenters. The van der Waals surface area contributed by atoms with Gasteiger partial charge in [0.1, 0.15) is 11.6 Å². The highest BCUT2D eigenvalue weighted by Crippen LogP contribution is 2.12. The van der Waals surface area contributed by atoms with E-state index in [0.29, 0.717) is 18.0 Å². The summed E-state index contributed by atoms with van der Waals surface area (Å²) in [5.74, 6) is 0.338. The van der Waals surface area contributed by atoms with Crippen LogP contribution in [0.4, 0.5) is 5.82 Å². The number of hydrogen-bond donors (Lipinski definition) is 1. The van der Waals surface area contributed by atoms with Crippen molar-refractivity contribution in [1.82, 2.24) is 4.98 Å². The van der Waals surface area contributed by atoms with E-state index in [9.17, 15) is 9.59 Å². The Morgan fingerprint density at radius 3 is 2.62 bits per heavy atom. The number of aryl methyl sites for hydroxylation is 1. The molecule has 1 heterocycles. The Balaban J connectivity index is 1.82. The minimum absolute atomic E-state index is 0.180. The van der Waals surface area contributed by atoms with E-state index in [2.05, 4.69) is 10.3 Å². The van der Waals surface area contributed by atoms with Crippen LogP contribution in [0, 0.1) is 6.92 Å². The Labute approximate surface area is 140 Å². The zero-order valence-electron chi connectivity index (χ0n) is 13.7. The van der Waals surface area contributed by atoms with Crippen LogP contribution < -0.4 is 10.1 Å². The number of aromatic nitrogens is 1. The number of anilines is 1. The topological polar surface area (TPSA) is 77.5 Å². The Morgan fingerprint density at radius 2 is 1.92 bits per heavy atom. The summed E-state index contributed by atoms with van der Waals surface area (Å²) < 4.78 is 10.4. The molecule has 24 heavy (non-hydrogen) atoms. The molecule has 1 aromatic heterocycles. The van der Waals surface area contributed by atoms with Crippen LogP contribution in [0.15, 0.2) is 42.6 Å². The molecule has 1 aromatic carbocycles. The highest BCUT2D eigenvalue weighted by Gasteiger charge is 2.09. The van der Waals surface area contributed by atoms with Crippen LogP contribution in [-0.4, -0.2) is 30.1 Å². The lowest BCUT2D eigenvalue weighted by molar-refractivity contribution is -0.116. The number of carbonyl (C=O) groups is 2. The van der Waals surface area contributed by atoms with Gasteiger partial charge in [0.25, 0.3) is 0 Å². The van der Waals surface area contributed by atoms with E-state index in [1.165, 1.54) is 18.3 Å². The fourth-order valence-corrected chi connectivity index (χ4v) is 1.94. The fraction of sp³-hybridized carbons (Fsp3) is 0.278. The molecule has 0 saturated carbocycles. The first-order valence-corrected chi connectivity index (χ1v) is 7.71. The predicted molar refractivity (Wildman–Crippen MR) is 90.1 cm³/mol. The number of carbonyl (C=O) groups excluding carboxylic acids is 2. The molecule has 0 aliphatic heterocycles. The average Bonchev–Trinajstić information content (AvgIpc) is 2.57. The van der Waals surface area contributed by atoms with Gasteiger partial charge in [0, 0.05) is 6.20 Å². The Bertz CT molecular complexity index is 698. The number of rotatable bonds is 7. The molecule has 0 aliphatic rings. The number of nitrogens with one attached hydrogen (secondary N) is 1. The molecule has 0 aliphatic carbocycles. The molecule has 6 heteroatoms. The lowest BCUT2D eigenvalue weighted by Gasteiger charge is -2.08. The van der Waals surface area contributed by atoms with Gasteiger partial charge in [-0.15, -0.1) is 0 Å². The maximum absolute atomic E-state index is 11.9. The van der Waals surface area contributed by atoms with E-state index in [0.717, 1.165) is 11.3 Å². The number of pyridine rings is 1. The third-order valence-corrected chi connectivity index (χ3v) is 3.16. The quantitative estimate of drug-likeness (QED) is 0.791. The van der Waals surface area contributed by atoms with Crippen molar-refractivity contribution in [2.75, 3.05) is 18.5 Å². The van der Waals surface area contributed by atoms with Crippen LogP contribution in [0.2, 0.25) is 0 Å². The molecular formula is C18H20N2O4. The van der Waals surface area contributed by atoms with Gasteiger partial charge in [-0.3, -0.25) is 4.79 Å². The maximum Gasteiger partial charge on any atom is 0.338 e. The van der Waals surface area contributed by atoms with Crippen molar-refractivity contribution < 1.29 is 19.1 Å². The van der Waals surface area contributed by atoms with Gasteiger partial charge in [-0.25, -0.2) is 9.78 Å². The number of amides is 1. The predicted octanol–water partition coefficient (Wildman–Crippen LogP) is 2.97. The van der Waals surface area contributed by atoms with Gasteiger partial charge in [0.15, 0.2) is 0 Å². The number of hydrogen-bond acceptors (Lipinski definition) is 5. The minimum atomic E-state index is -0.446. The molecule has 126 valence electrons. The fourth-order valence-electron chi connectivity index (χ4n) is 1.94. The van der Waals surface area contributed by atoms with Crippen molar-refractivity contribution >= 4 is 17.7 Å². The second-order valence-electron chi connectivity index (χ2n) is 5.11. The van der Waals surface area contributed by atoms with E-state index in [4.69, 9.17) is 9.47 Å². The van der Waals surface area contributed by atoms with Gasteiger partial charge < -0.3 is 14.8 Å². The van der Waals surface area contributed by atoms with Crippen molar-refractivity contribution in [3.63, 3.8) is 0 Å². The molecule has 0 atom stereocenters. The second-order valence-corrected chi connectivity index (χ2v) is 5.11. The van der Waals surface area contributed by atoms with E-state index in [1.54, 1.807) is 6.92 Å². The van der Waals surface area contributed by atoms with E-state index in [1.807, 2.05) is 31.2 Å². The molecule has 0 bridgehead atoms. The zero-order valence-corrected chi connectivity index (χ0v) is 13.7. The second kappa shape index (κ2) is 8.67. The van der Waals surface area contributed by atoms with Crippen molar-refractivity contribution in [3.05, 3.63) is 53.7 Å². The standard InChI is InChI=1S/C18H20N2O4/c1-3-23-18(22)14-8-10-19-16(12-14)20-17(21)9-11-24-15-6-4-13(2)5-7-15/h4-8,10,12H,3,9,11H2,1-2H3,(H,19,20,21). The van der Waals surface area contributed by atoms with Gasteiger partial charge in [-0.2, -0.15) is 0 Å². The molecule has 0 radical (unpaired) electrons. The Kier molecular flexibility index (Phi) is 6.31. The smallest absolute Gasteiger partial charge is 0.338 e. The number of ether oxygens (including phenoxy) is 2. The summed E-state index contributed by atoms with van der Waals surface area (Å²) in [4.78, 5) is 27.6. The third kappa shape index (κ3) is 5.39. The van der Waals surface area contributed by atoms with Gasteiger partial charge in [-0.1, -0.05) is 17.7 Å². The maximum atomic E-state index is 11.9. The summed E-state index contributed by atoms with van der Waals surface area (Å²) in [6.07, 6.45) is 1.63. The van der Waals surface area contributed by atoms with Crippen molar-refractivity contribution in [2.45, 2.75) is 20.3 Å². The molecular weight excluding hydrogens is 308 g/mol. The van der Waals surface area contributed by atoms with Crippen LogP contribution in [-0.2, 0) is 9.53 Å². The monoisotopic (exact) mass is 328 g/mol. The van der Waals surface area contributed by atoms with E-state index < -0.39 is 5.97 Å². The molecule has 2 rings (SSSR count). The Hall–Kier alpha value is -2.89. The zero-order chi connectivity index (χ0) is 17.4. The average molecular weight is 328 g/mol. The highest BCUT2D eigenvalue weighted by molar-refractivity contribution is 5.93. The van der Waals surface area contributed by atoms with Gasteiger partial charge in [-0.05, 0) is 38.1 Å². The molecule has 0 fully saturated rings. The lowest BCUT2D eigenvalue weighted by Crippen LogP contribution is -2.16. The van der Waals surface area contributed by atoms with Crippen LogP contribution in [0.1, 0.15) is 29.3 Å². The summed E-state index contributed by atoms with van der Waals surface area (Å²) >= 11 is 0. The first-order chi connectivity index (χ1) is 11.6. The summed E-state index contributed by atoms with van der Waals surface area (Å²) in [5.41, 5.74) is 1.49. The first-order valence-electron chi connectivity index (χ1n) is 7.71. The summed E-state index contributed by atoms with van der Waals surface area (Å²) in [5, 5.41) is 2.64. The largest absolute Gasteiger partial charge is 0.493 e. The molecule has 0 saturated heterocycles. The normalized spacial score (nSPS) is 10.1. The van der Waals surface area contributed by atoms with Gasteiger partial charge in [0.2, 0.25) is 5.91 Å². The van der Waals surface area contributed by atoms with E-state index >= 15 is 0 Å². The SMILES string of the molecule is CCOC(=O)c1ccnc(NC(=O)CCOc2ccc(C)cc2)c1. The van der Waals surface area contributed by atoms with Crippen molar-refractivity contribution in [2.24, 2.45) is 0 Å². The van der Waals surface area contributed by atoms with Crippen molar-refractivity contribution in [1.29, 1.82) is 0 Å². The van der Waals surface area contributed by atoms with Crippen LogP contribution in [0.3, 0.4) is 0 Å². The molecule has 1 amide bonds. The Morgan fingerprint density at radius 1 is 1.17 bits per heavy atom. The summed E-state index contributed by atoms with van der Waals surface area (Å²) in [6, 6.07) is 10.6. The minimum Gasteiger partial charge on any atom is -0.493 e. The van der Waals surface area contributed by atoms with Gasteiger partial charge >= 0.3 is 5.97 Å².